The van der Waals surface area contributed by atoms with E-state index in [0.29, 0.717) is 33.8 Å². The first-order chi connectivity index (χ1) is 17.0. The lowest BCUT2D eigenvalue weighted by Crippen LogP contribution is -2.24. The maximum Gasteiger partial charge on any atom is 0.346 e. The molecule has 0 aliphatic rings. The lowest BCUT2D eigenvalue weighted by molar-refractivity contribution is -0.147. The van der Waals surface area contributed by atoms with E-state index in [9.17, 15) is 9.59 Å². The molecular weight excluding hydrogens is 446 g/mol. The van der Waals surface area contributed by atoms with Crippen LogP contribution in [0.2, 0.25) is 0 Å². The summed E-state index contributed by atoms with van der Waals surface area (Å²) in [4.78, 5) is 29.6. The molecule has 5 rings (SSSR count). The van der Waals surface area contributed by atoms with Gasteiger partial charge < -0.3 is 13.9 Å². The molecule has 0 saturated heterocycles. The van der Waals surface area contributed by atoms with Crippen molar-refractivity contribution in [3.8, 4) is 17.3 Å². The molecule has 0 unspecified atom stereocenters. The van der Waals surface area contributed by atoms with Gasteiger partial charge in [-0.2, -0.15) is 9.78 Å². The molecule has 0 aliphatic heterocycles. The van der Waals surface area contributed by atoms with Gasteiger partial charge in [0.2, 0.25) is 5.82 Å². The highest BCUT2D eigenvalue weighted by molar-refractivity contribution is 5.84. The van der Waals surface area contributed by atoms with Crippen molar-refractivity contribution >= 4 is 34.1 Å². The van der Waals surface area contributed by atoms with Gasteiger partial charge in [-0.3, -0.25) is 4.79 Å². The van der Waals surface area contributed by atoms with Crippen molar-refractivity contribution in [2.24, 2.45) is 5.10 Å². The predicted molar refractivity (Wildman–Crippen MR) is 133 cm³/mol. The molecule has 0 amide bonds. The summed E-state index contributed by atoms with van der Waals surface area (Å²) in [6.45, 7) is 1.61. The van der Waals surface area contributed by atoms with Crippen molar-refractivity contribution in [2.45, 2.75) is 13.0 Å². The summed E-state index contributed by atoms with van der Waals surface area (Å²) in [6, 6.07) is 23.5. The van der Waals surface area contributed by atoms with E-state index < -0.39 is 12.1 Å². The van der Waals surface area contributed by atoms with E-state index in [2.05, 4.69) is 14.8 Å². The molecule has 0 radical (unpaired) electrons. The number of fused-ring (bicyclic) bond motifs is 2. The molecule has 8 heteroatoms. The molecule has 0 spiro atoms. The van der Waals surface area contributed by atoms with E-state index in [0.717, 1.165) is 10.9 Å². The largest absolute Gasteiger partial charge is 0.479 e. The van der Waals surface area contributed by atoms with Crippen LogP contribution < -0.4 is 10.3 Å². The molecule has 8 nitrogen and oxygen atoms in total. The Balaban J connectivity index is 1.53. The molecule has 35 heavy (non-hydrogen) atoms. The van der Waals surface area contributed by atoms with Gasteiger partial charge in [-0.05, 0) is 61.0 Å². The summed E-state index contributed by atoms with van der Waals surface area (Å²) in [5, 5.41) is 5.80. The zero-order valence-corrected chi connectivity index (χ0v) is 19.0. The minimum atomic E-state index is -0.729. The van der Waals surface area contributed by atoms with E-state index >= 15 is 0 Å². The molecule has 0 bridgehead atoms. The highest BCUT2D eigenvalue weighted by atomic mass is 16.6. The molecule has 174 valence electrons. The van der Waals surface area contributed by atoms with Gasteiger partial charge in [0, 0.05) is 5.39 Å². The third kappa shape index (κ3) is 4.41. The second-order valence-electron chi connectivity index (χ2n) is 7.81. The zero-order chi connectivity index (χ0) is 24.4. The maximum atomic E-state index is 13.3. The summed E-state index contributed by atoms with van der Waals surface area (Å²) in [6.07, 6.45) is 0.825. The van der Waals surface area contributed by atoms with E-state index in [1.54, 1.807) is 55.6 Å². The summed E-state index contributed by atoms with van der Waals surface area (Å²) in [7, 11) is 1.31. The third-order valence-electron chi connectivity index (χ3n) is 5.45. The lowest BCUT2D eigenvalue weighted by Gasteiger charge is -2.12. The number of carbonyl (C=O) groups is 1. The summed E-state index contributed by atoms with van der Waals surface area (Å²) >= 11 is 0. The highest BCUT2D eigenvalue weighted by Crippen LogP contribution is 2.27. The number of aromatic nitrogens is 2. The smallest absolute Gasteiger partial charge is 0.346 e. The number of furan rings is 1. The van der Waals surface area contributed by atoms with Crippen molar-refractivity contribution < 1.29 is 18.7 Å². The Kier molecular flexibility index (Phi) is 5.85. The molecule has 2 aromatic heterocycles. The molecule has 3 aromatic carbocycles. The van der Waals surface area contributed by atoms with Crippen LogP contribution in [0.3, 0.4) is 0 Å². The number of para-hydroxylation sites is 2. The summed E-state index contributed by atoms with van der Waals surface area (Å²) < 4.78 is 17.5. The van der Waals surface area contributed by atoms with Gasteiger partial charge in [-0.15, -0.1) is 0 Å². The fraction of sp³-hybridized carbons (Fsp3) is 0.111. The van der Waals surface area contributed by atoms with Crippen LogP contribution in [0, 0.1) is 0 Å². The van der Waals surface area contributed by atoms with Crippen LogP contribution >= 0.6 is 0 Å². The second kappa shape index (κ2) is 9.26. The number of hydrogen-bond donors (Lipinski definition) is 0. The molecule has 0 aliphatic carbocycles. The molecule has 5 aromatic rings. The van der Waals surface area contributed by atoms with Crippen molar-refractivity contribution in [3.63, 3.8) is 0 Å². The highest BCUT2D eigenvalue weighted by Gasteiger charge is 2.17. The molecule has 2 heterocycles. The van der Waals surface area contributed by atoms with E-state index in [4.69, 9.17) is 9.15 Å². The molecular formula is C27H21N3O5. The minimum Gasteiger partial charge on any atom is -0.479 e. The van der Waals surface area contributed by atoms with E-state index in [1.807, 2.05) is 36.4 Å². The van der Waals surface area contributed by atoms with Crippen LogP contribution in [-0.4, -0.2) is 35.1 Å². The monoisotopic (exact) mass is 467 g/mol. The predicted octanol–water partition coefficient (Wildman–Crippen LogP) is 4.63. The van der Waals surface area contributed by atoms with Gasteiger partial charge in [-0.25, -0.2) is 9.78 Å². The summed E-state index contributed by atoms with van der Waals surface area (Å²) in [5.74, 6) is 0.782. The zero-order valence-electron chi connectivity index (χ0n) is 19.0. The van der Waals surface area contributed by atoms with Gasteiger partial charge in [0.1, 0.15) is 11.3 Å². The first kappa shape index (κ1) is 22.1. The number of methoxy groups -OCH3 is 1. The quantitative estimate of drug-likeness (QED) is 0.267. The SMILES string of the molecule is COC(=O)[C@@H](C)Oc1ccc(C=Nn2c(-c3cc4ccccc4o3)nc3ccccc3c2=O)cc1. The van der Waals surface area contributed by atoms with Crippen LogP contribution in [0.15, 0.2) is 93.2 Å². The van der Waals surface area contributed by atoms with Crippen LogP contribution in [0.25, 0.3) is 33.5 Å². The Bertz CT molecular complexity index is 1580. The first-order valence-electron chi connectivity index (χ1n) is 10.9. The van der Waals surface area contributed by atoms with Crippen LogP contribution in [0.4, 0.5) is 0 Å². The van der Waals surface area contributed by atoms with Crippen molar-refractivity contribution in [1.29, 1.82) is 0 Å². The van der Waals surface area contributed by atoms with Crippen molar-refractivity contribution in [3.05, 3.63) is 94.8 Å². The first-order valence-corrected chi connectivity index (χ1v) is 10.9. The Labute approximate surface area is 200 Å². The Hall–Kier alpha value is -4.72. The number of esters is 1. The molecule has 0 N–H and O–H groups in total. The fourth-order valence-corrected chi connectivity index (χ4v) is 3.66. The van der Waals surface area contributed by atoms with Crippen molar-refractivity contribution in [2.75, 3.05) is 7.11 Å². The van der Waals surface area contributed by atoms with Crippen LogP contribution in [-0.2, 0) is 9.53 Å². The topological polar surface area (TPSA) is 95.9 Å². The van der Waals surface area contributed by atoms with Gasteiger partial charge in [0.15, 0.2) is 11.9 Å². The average molecular weight is 467 g/mol. The molecule has 0 saturated carbocycles. The average Bonchev–Trinajstić information content (AvgIpc) is 3.32. The van der Waals surface area contributed by atoms with Gasteiger partial charge in [0.25, 0.3) is 5.56 Å². The number of rotatable bonds is 6. The Morgan fingerprint density at radius 2 is 1.80 bits per heavy atom. The van der Waals surface area contributed by atoms with Crippen LogP contribution in [0.1, 0.15) is 12.5 Å². The van der Waals surface area contributed by atoms with Gasteiger partial charge >= 0.3 is 5.97 Å². The van der Waals surface area contributed by atoms with E-state index in [1.165, 1.54) is 11.8 Å². The van der Waals surface area contributed by atoms with Gasteiger partial charge in [0.05, 0.1) is 24.2 Å². The Morgan fingerprint density at radius 1 is 1.06 bits per heavy atom. The fourth-order valence-electron chi connectivity index (χ4n) is 3.66. The van der Waals surface area contributed by atoms with Crippen molar-refractivity contribution in [1.82, 2.24) is 9.66 Å². The lowest BCUT2D eigenvalue weighted by atomic mass is 10.2. The standard InChI is InChI=1S/C27H21N3O5/c1-17(27(32)33-2)34-20-13-11-18(12-14-20)16-28-30-25(24-15-19-7-3-6-10-23(19)35-24)29-22-9-5-4-8-21(22)26(30)31/h3-17H,1-2H3/t17-/m1/s1. The number of nitrogens with zero attached hydrogens (tertiary/aromatic N) is 3. The van der Waals surface area contributed by atoms with Gasteiger partial charge in [-0.1, -0.05) is 30.3 Å². The van der Waals surface area contributed by atoms with Crippen LogP contribution in [0.5, 0.6) is 5.75 Å². The number of hydrogen-bond acceptors (Lipinski definition) is 7. The molecule has 0 fully saturated rings. The van der Waals surface area contributed by atoms with E-state index in [-0.39, 0.29) is 5.56 Å². The normalized spacial score (nSPS) is 12.3. The molecule has 1 atom stereocenters. The number of carbonyl (C=O) groups excluding carboxylic acids is 1. The summed E-state index contributed by atoms with van der Waals surface area (Å²) in [5.41, 5.74) is 1.66. The minimum absolute atomic E-state index is 0.299. The number of ether oxygens (including phenoxy) is 2. The third-order valence-corrected chi connectivity index (χ3v) is 5.45. The Morgan fingerprint density at radius 3 is 2.57 bits per heavy atom. The maximum absolute atomic E-state index is 13.3. The number of benzene rings is 3. The second-order valence-corrected chi connectivity index (χ2v) is 7.81.